The molecule has 0 aliphatic heterocycles. The van der Waals surface area contributed by atoms with E-state index in [2.05, 4.69) is 16.8 Å². The van der Waals surface area contributed by atoms with E-state index in [1.165, 1.54) is 11.3 Å². The smallest absolute Gasteiger partial charge is 0.278 e. The van der Waals surface area contributed by atoms with Crippen LogP contribution in [0.2, 0.25) is 0 Å². The van der Waals surface area contributed by atoms with Crippen molar-refractivity contribution in [1.82, 2.24) is 19.3 Å². The van der Waals surface area contributed by atoms with Crippen molar-refractivity contribution in [3.8, 4) is 5.75 Å². The largest absolute Gasteiger partial charge is 0.494 e. The van der Waals surface area contributed by atoms with Gasteiger partial charge in [0.2, 0.25) is 0 Å². The second kappa shape index (κ2) is 9.85. The number of aromatic nitrogens is 3. The Morgan fingerprint density at radius 1 is 1.12 bits per heavy atom. The average molecular weight is 474 g/mol. The van der Waals surface area contributed by atoms with Crippen LogP contribution in [0, 0.1) is 13.8 Å². The summed E-state index contributed by atoms with van der Waals surface area (Å²) in [7, 11) is 5.71. The van der Waals surface area contributed by atoms with E-state index in [1.807, 2.05) is 61.9 Å². The first-order valence-corrected chi connectivity index (χ1v) is 11.1. The Morgan fingerprint density at radius 3 is 2.62 bits per heavy atom. The number of nitrogens with zero attached hydrogens (tertiary/aromatic N) is 5. The number of aryl methyl sites for hydroxylation is 2. The molecular weight excluding hydrogens is 446 g/mol. The monoisotopic (exact) mass is 473 g/mol. The molecule has 9 heteroatoms. The zero-order valence-electron chi connectivity index (χ0n) is 19.0. The maximum Gasteiger partial charge on any atom is 0.278 e. The Kier molecular flexibility index (Phi) is 7.38. The summed E-state index contributed by atoms with van der Waals surface area (Å²) in [5.74, 6) is 0.625. The van der Waals surface area contributed by atoms with Gasteiger partial charge in [0.1, 0.15) is 22.6 Å². The van der Waals surface area contributed by atoms with Gasteiger partial charge in [-0.2, -0.15) is 0 Å². The number of hydrogen-bond donors (Lipinski definition) is 0. The third kappa shape index (κ3) is 4.44. The van der Waals surface area contributed by atoms with E-state index in [1.54, 1.807) is 12.0 Å². The lowest BCUT2D eigenvalue weighted by Crippen LogP contribution is -2.34. The highest BCUT2D eigenvalue weighted by molar-refractivity contribution is 7.22. The molecule has 0 saturated heterocycles. The maximum absolute atomic E-state index is 13.8. The molecule has 32 heavy (non-hydrogen) atoms. The molecule has 4 rings (SSSR count). The minimum absolute atomic E-state index is 0. The van der Waals surface area contributed by atoms with Crippen LogP contribution in [0.1, 0.15) is 28.2 Å². The molecule has 3 aromatic heterocycles. The van der Waals surface area contributed by atoms with Crippen LogP contribution in [0.4, 0.5) is 5.13 Å². The van der Waals surface area contributed by atoms with Gasteiger partial charge < -0.3 is 9.64 Å². The van der Waals surface area contributed by atoms with Crippen molar-refractivity contribution in [3.05, 3.63) is 53.5 Å². The SMILES string of the molecule is COc1ccc(C)c2sc(N(CCCN(C)C)C(=O)c3c(C)nc4ccccn34)nc12.Cl. The van der Waals surface area contributed by atoms with Gasteiger partial charge in [0.25, 0.3) is 5.91 Å². The number of halogens is 1. The van der Waals surface area contributed by atoms with Crippen LogP contribution < -0.4 is 9.64 Å². The predicted octanol–water partition coefficient (Wildman–Crippen LogP) is 4.59. The Hall–Kier alpha value is -2.68. The van der Waals surface area contributed by atoms with Gasteiger partial charge in [-0.15, -0.1) is 12.4 Å². The number of imidazole rings is 1. The number of carbonyl (C=O) groups is 1. The van der Waals surface area contributed by atoms with E-state index in [9.17, 15) is 4.79 Å². The van der Waals surface area contributed by atoms with Crippen LogP contribution in [-0.2, 0) is 0 Å². The summed E-state index contributed by atoms with van der Waals surface area (Å²) in [6.45, 7) is 5.38. The molecule has 7 nitrogen and oxygen atoms in total. The molecule has 1 aromatic carbocycles. The van der Waals surface area contributed by atoms with Crippen molar-refractivity contribution < 1.29 is 9.53 Å². The number of anilines is 1. The van der Waals surface area contributed by atoms with Gasteiger partial charge in [0.15, 0.2) is 5.13 Å². The zero-order valence-corrected chi connectivity index (χ0v) is 20.6. The van der Waals surface area contributed by atoms with Gasteiger partial charge in [-0.3, -0.25) is 14.1 Å². The van der Waals surface area contributed by atoms with Crippen molar-refractivity contribution in [2.24, 2.45) is 0 Å². The van der Waals surface area contributed by atoms with Crippen molar-refractivity contribution in [3.63, 3.8) is 0 Å². The predicted molar refractivity (Wildman–Crippen MR) is 133 cm³/mol. The second-order valence-electron chi connectivity index (χ2n) is 7.85. The third-order valence-corrected chi connectivity index (χ3v) is 6.50. The number of amides is 1. The molecule has 0 saturated carbocycles. The minimum atomic E-state index is -0.0920. The Balaban J connectivity index is 0.00000289. The summed E-state index contributed by atoms with van der Waals surface area (Å²) in [5, 5.41) is 0.677. The quantitative estimate of drug-likeness (QED) is 0.393. The van der Waals surface area contributed by atoms with Gasteiger partial charge >= 0.3 is 0 Å². The first-order chi connectivity index (χ1) is 14.9. The van der Waals surface area contributed by atoms with Gasteiger partial charge in [-0.25, -0.2) is 9.97 Å². The van der Waals surface area contributed by atoms with E-state index in [0.29, 0.717) is 23.1 Å². The van der Waals surface area contributed by atoms with Crippen LogP contribution in [0.5, 0.6) is 5.75 Å². The summed E-state index contributed by atoms with van der Waals surface area (Å²) in [5.41, 5.74) is 3.96. The number of fused-ring (bicyclic) bond motifs is 2. The van der Waals surface area contributed by atoms with Crippen molar-refractivity contribution in [2.75, 3.05) is 39.2 Å². The van der Waals surface area contributed by atoms with Gasteiger partial charge in [0.05, 0.1) is 17.5 Å². The molecule has 0 aliphatic carbocycles. The summed E-state index contributed by atoms with van der Waals surface area (Å²) >= 11 is 1.53. The van der Waals surface area contributed by atoms with Crippen LogP contribution in [0.3, 0.4) is 0 Å². The molecule has 0 radical (unpaired) electrons. The fraction of sp³-hybridized carbons (Fsp3) is 0.348. The van der Waals surface area contributed by atoms with E-state index in [0.717, 1.165) is 40.1 Å². The number of carbonyl (C=O) groups excluding carboxylic acids is 1. The Morgan fingerprint density at radius 2 is 1.91 bits per heavy atom. The number of pyridine rings is 1. The van der Waals surface area contributed by atoms with Crippen LogP contribution >= 0.6 is 23.7 Å². The van der Waals surface area contributed by atoms with E-state index in [4.69, 9.17) is 9.72 Å². The molecular formula is C23H28ClN5O2S. The van der Waals surface area contributed by atoms with E-state index in [-0.39, 0.29) is 18.3 Å². The Labute approximate surface area is 198 Å². The van der Waals surface area contributed by atoms with Gasteiger partial charge in [-0.1, -0.05) is 23.5 Å². The normalized spacial score (nSPS) is 11.2. The van der Waals surface area contributed by atoms with Crippen molar-refractivity contribution in [1.29, 1.82) is 0 Å². The summed E-state index contributed by atoms with van der Waals surface area (Å²) in [4.78, 5) is 27.1. The zero-order chi connectivity index (χ0) is 22.1. The second-order valence-corrected chi connectivity index (χ2v) is 8.82. The standard InChI is InChI=1S/C23H27N5O2S.ClH/c1-15-10-11-17(30-5)19-21(15)31-23(25-19)28(14-8-12-26(3)4)22(29)20-16(2)24-18-9-6-7-13-27(18)20;/h6-7,9-11,13H,8,12,14H2,1-5H3;1H. The van der Waals surface area contributed by atoms with Crippen molar-refractivity contribution in [2.45, 2.75) is 20.3 Å². The van der Waals surface area contributed by atoms with Crippen LogP contribution in [0.25, 0.3) is 15.9 Å². The number of rotatable bonds is 7. The lowest BCUT2D eigenvalue weighted by molar-refractivity contribution is 0.0979. The molecule has 0 spiro atoms. The molecule has 0 atom stereocenters. The average Bonchev–Trinajstić information content (AvgIpc) is 3.32. The summed E-state index contributed by atoms with van der Waals surface area (Å²) in [6.07, 6.45) is 2.71. The highest BCUT2D eigenvalue weighted by Gasteiger charge is 2.26. The number of benzene rings is 1. The van der Waals surface area contributed by atoms with Crippen molar-refractivity contribution >= 4 is 50.6 Å². The van der Waals surface area contributed by atoms with Gasteiger partial charge in [0, 0.05) is 12.7 Å². The van der Waals surface area contributed by atoms with Crippen LogP contribution in [-0.4, -0.2) is 59.5 Å². The molecule has 0 fully saturated rings. The summed E-state index contributed by atoms with van der Waals surface area (Å²) < 4.78 is 8.41. The molecule has 170 valence electrons. The molecule has 0 unspecified atom stereocenters. The molecule has 3 heterocycles. The number of methoxy groups -OCH3 is 1. The fourth-order valence-electron chi connectivity index (χ4n) is 3.71. The highest BCUT2D eigenvalue weighted by atomic mass is 35.5. The van der Waals surface area contributed by atoms with Gasteiger partial charge in [-0.05, 0) is 64.7 Å². The molecule has 0 N–H and O–H groups in total. The summed E-state index contributed by atoms with van der Waals surface area (Å²) in [6, 6.07) is 9.69. The molecule has 4 aromatic rings. The number of ether oxygens (including phenoxy) is 1. The maximum atomic E-state index is 13.8. The highest BCUT2D eigenvalue weighted by Crippen LogP contribution is 2.37. The first-order valence-electron chi connectivity index (χ1n) is 10.2. The molecule has 0 aliphatic rings. The number of thiazole rings is 1. The van der Waals surface area contributed by atoms with E-state index < -0.39 is 0 Å². The third-order valence-electron chi connectivity index (χ3n) is 5.28. The topological polar surface area (TPSA) is 63.0 Å². The lowest BCUT2D eigenvalue weighted by atomic mass is 10.2. The van der Waals surface area contributed by atoms with Crippen LogP contribution in [0.15, 0.2) is 36.5 Å². The fourth-order valence-corrected chi connectivity index (χ4v) is 4.78. The minimum Gasteiger partial charge on any atom is -0.494 e. The molecule has 0 bridgehead atoms. The molecule has 1 amide bonds. The number of hydrogen-bond acceptors (Lipinski definition) is 6. The first kappa shape index (κ1) is 24.0. The Bertz CT molecular complexity index is 1250. The van der Waals surface area contributed by atoms with E-state index >= 15 is 0 Å². The lowest BCUT2D eigenvalue weighted by Gasteiger charge is -2.21.